The molecular weight excluding hydrogens is 352 g/mol. The minimum absolute atomic E-state index is 0.508. The molecule has 4 aromatic rings. The average molecular weight is 368 g/mol. The molecule has 1 unspecified atom stereocenters. The molecule has 0 amide bonds. The number of rotatable bonds is 6. The first-order valence-corrected chi connectivity index (χ1v) is 8.88. The van der Waals surface area contributed by atoms with Crippen LogP contribution in [-0.4, -0.2) is 33.9 Å². The van der Waals surface area contributed by atoms with Crippen molar-refractivity contribution in [2.24, 2.45) is 0 Å². The van der Waals surface area contributed by atoms with Crippen molar-refractivity contribution >= 4 is 22.3 Å². The first kappa shape index (κ1) is 16.8. The normalized spacial score (nSPS) is 12.5. The van der Waals surface area contributed by atoms with Gasteiger partial charge in [0, 0.05) is 43.1 Å². The molecular formula is C18H16N4O3S. The Labute approximate surface area is 153 Å². The summed E-state index contributed by atoms with van der Waals surface area (Å²) in [6.45, 7) is 2.42. The van der Waals surface area contributed by atoms with Gasteiger partial charge >= 0.3 is 0 Å². The zero-order valence-corrected chi connectivity index (χ0v) is 15.1. The third-order valence-corrected chi connectivity index (χ3v) is 4.78. The molecule has 0 bridgehead atoms. The van der Waals surface area contributed by atoms with Crippen LogP contribution in [-0.2, 0) is 9.47 Å². The summed E-state index contributed by atoms with van der Waals surface area (Å²) in [6.07, 6.45) is 4.53. The number of fused-ring (bicyclic) bond motifs is 1. The molecule has 0 fully saturated rings. The van der Waals surface area contributed by atoms with Gasteiger partial charge in [-0.1, -0.05) is 11.3 Å². The van der Waals surface area contributed by atoms with E-state index in [1.807, 2.05) is 31.2 Å². The predicted octanol–water partition coefficient (Wildman–Crippen LogP) is 4.09. The van der Waals surface area contributed by atoms with E-state index < -0.39 is 6.29 Å². The molecule has 8 heteroatoms. The Kier molecular flexibility index (Phi) is 4.70. The molecule has 0 aromatic carbocycles. The number of ether oxygens (including phenoxy) is 2. The highest BCUT2D eigenvalue weighted by Gasteiger charge is 2.20. The first-order chi connectivity index (χ1) is 12.8. The molecule has 7 nitrogen and oxygen atoms in total. The van der Waals surface area contributed by atoms with E-state index >= 15 is 0 Å². The van der Waals surface area contributed by atoms with Crippen molar-refractivity contribution in [3.8, 4) is 21.3 Å². The number of methoxy groups -OCH3 is 1. The van der Waals surface area contributed by atoms with Gasteiger partial charge in [0.2, 0.25) is 6.29 Å². The Morgan fingerprint density at radius 3 is 2.88 bits per heavy atom. The SMILES string of the molecule is CCOC(OC)c1nc(-c2nnc(-c3cccnc3)s2)cc2occc12. The molecule has 1 atom stereocenters. The molecule has 0 aliphatic rings. The fraction of sp³-hybridized carbons (Fsp3) is 0.222. The maximum absolute atomic E-state index is 5.65. The third kappa shape index (κ3) is 3.10. The van der Waals surface area contributed by atoms with Crippen molar-refractivity contribution in [1.82, 2.24) is 20.2 Å². The average Bonchev–Trinajstić information content (AvgIpc) is 3.35. The minimum atomic E-state index is -0.578. The fourth-order valence-electron chi connectivity index (χ4n) is 2.62. The van der Waals surface area contributed by atoms with Gasteiger partial charge in [0.05, 0.1) is 6.26 Å². The van der Waals surface area contributed by atoms with E-state index in [9.17, 15) is 0 Å². The van der Waals surface area contributed by atoms with Gasteiger partial charge < -0.3 is 13.9 Å². The maximum atomic E-state index is 5.65. The van der Waals surface area contributed by atoms with Crippen LogP contribution in [0.4, 0.5) is 0 Å². The van der Waals surface area contributed by atoms with Crippen molar-refractivity contribution in [3.05, 3.63) is 48.6 Å². The number of hydrogen-bond acceptors (Lipinski definition) is 8. The van der Waals surface area contributed by atoms with Crippen LogP contribution < -0.4 is 0 Å². The lowest BCUT2D eigenvalue weighted by molar-refractivity contribution is -0.125. The minimum Gasteiger partial charge on any atom is -0.464 e. The van der Waals surface area contributed by atoms with Gasteiger partial charge in [0.25, 0.3) is 0 Å². The molecule has 4 heterocycles. The van der Waals surface area contributed by atoms with Crippen LogP contribution in [0.5, 0.6) is 0 Å². The highest BCUT2D eigenvalue weighted by atomic mass is 32.1. The number of aromatic nitrogens is 4. The summed E-state index contributed by atoms with van der Waals surface area (Å²) in [5.74, 6) is 0. The van der Waals surface area contributed by atoms with Gasteiger partial charge in [-0.15, -0.1) is 10.2 Å². The second-order valence-corrected chi connectivity index (χ2v) is 6.38. The lowest BCUT2D eigenvalue weighted by Gasteiger charge is -2.15. The van der Waals surface area contributed by atoms with Crippen molar-refractivity contribution in [1.29, 1.82) is 0 Å². The van der Waals surface area contributed by atoms with Gasteiger partial charge in [0.15, 0.2) is 5.01 Å². The van der Waals surface area contributed by atoms with Crippen molar-refractivity contribution < 1.29 is 13.9 Å². The highest BCUT2D eigenvalue weighted by Crippen LogP contribution is 2.33. The van der Waals surface area contributed by atoms with E-state index in [1.165, 1.54) is 11.3 Å². The van der Waals surface area contributed by atoms with Crippen LogP contribution in [0.2, 0.25) is 0 Å². The number of pyridine rings is 2. The summed E-state index contributed by atoms with van der Waals surface area (Å²) in [7, 11) is 1.59. The van der Waals surface area contributed by atoms with Crippen LogP contribution in [0.25, 0.3) is 32.2 Å². The Morgan fingerprint density at radius 1 is 1.23 bits per heavy atom. The van der Waals surface area contributed by atoms with E-state index in [0.29, 0.717) is 28.6 Å². The first-order valence-electron chi connectivity index (χ1n) is 8.07. The topological polar surface area (TPSA) is 83.2 Å². The second kappa shape index (κ2) is 7.28. The van der Waals surface area contributed by atoms with Crippen LogP contribution >= 0.6 is 11.3 Å². The molecule has 4 aromatic heterocycles. The molecule has 132 valence electrons. The third-order valence-electron chi connectivity index (χ3n) is 3.79. The van der Waals surface area contributed by atoms with Gasteiger partial charge in [-0.3, -0.25) is 4.98 Å². The van der Waals surface area contributed by atoms with Crippen LogP contribution in [0.1, 0.15) is 18.9 Å². The molecule has 0 saturated carbocycles. The van der Waals surface area contributed by atoms with E-state index in [4.69, 9.17) is 18.9 Å². The van der Waals surface area contributed by atoms with Crippen LogP contribution in [0, 0.1) is 0 Å². The van der Waals surface area contributed by atoms with Crippen molar-refractivity contribution in [2.45, 2.75) is 13.2 Å². The highest BCUT2D eigenvalue weighted by molar-refractivity contribution is 7.17. The molecule has 0 aliphatic heterocycles. The molecule has 0 spiro atoms. The summed E-state index contributed by atoms with van der Waals surface area (Å²) >= 11 is 1.44. The number of hydrogen-bond donors (Lipinski definition) is 0. The maximum Gasteiger partial charge on any atom is 0.201 e. The molecule has 0 saturated heterocycles. The fourth-order valence-corrected chi connectivity index (χ4v) is 3.42. The largest absolute Gasteiger partial charge is 0.464 e. The summed E-state index contributed by atoms with van der Waals surface area (Å²) in [5.41, 5.74) is 2.94. The van der Waals surface area contributed by atoms with E-state index in [-0.39, 0.29) is 0 Å². The monoisotopic (exact) mass is 368 g/mol. The van der Waals surface area contributed by atoms with E-state index in [2.05, 4.69) is 15.2 Å². The Balaban J connectivity index is 1.79. The van der Waals surface area contributed by atoms with Crippen LogP contribution in [0.3, 0.4) is 0 Å². The molecule has 0 aliphatic carbocycles. The predicted molar refractivity (Wildman–Crippen MR) is 97.5 cm³/mol. The lowest BCUT2D eigenvalue weighted by atomic mass is 10.2. The molecule has 0 N–H and O–H groups in total. The summed E-state index contributed by atoms with van der Waals surface area (Å²) in [5, 5.41) is 10.9. The standard InChI is InChI=1S/C18H16N4O3S/c1-3-24-18(23-2)15-12-6-8-25-14(12)9-13(20-15)17-22-21-16(26-17)11-5-4-7-19-10-11/h4-10,18H,3H2,1-2H3. The van der Waals surface area contributed by atoms with Crippen molar-refractivity contribution in [3.63, 3.8) is 0 Å². The van der Waals surface area contributed by atoms with Crippen molar-refractivity contribution in [2.75, 3.05) is 13.7 Å². The summed E-state index contributed by atoms with van der Waals surface area (Å²) in [6, 6.07) is 7.52. The molecule has 4 rings (SSSR count). The number of nitrogens with zero attached hydrogens (tertiary/aromatic N) is 4. The summed E-state index contributed by atoms with van der Waals surface area (Å²) < 4.78 is 16.7. The lowest BCUT2D eigenvalue weighted by Crippen LogP contribution is -2.09. The Hall–Kier alpha value is -2.68. The molecule has 26 heavy (non-hydrogen) atoms. The Morgan fingerprint density at radius 2 is 2.12 bits per heavy atom. The Bertz CT molecular complexity index is 1020. The van der Waals surface area contributed by atoms with Crippen LogP contribution in [0.15, 0.2) is 47.3 Å². The van der Waals surface area contributed by atoms with Gasteiger partial charge in [0.1, 0.15) is 22.0 Å². The smallest absolute Gasteiger partial charge is 0.201 e. The van der Waals surface area contributed by atoms with E-state index in [0.717, 1.165) is 16.0 Å². The van der Waals surface area contributed by atoms with E-state index in [1.54, 1.807) is 25.8 Å². The zero-order valence-electron chi connectivity index (χ0n) is 14.2. The van der Waals surface area contributed by atoms with Gasteiger partial charge in [-0.05, 0) is 25.1 Å². The molecule has 0 radical (unpaired) electrons. The van der Waals surface area contributed by atoms with Gasteiger partial charge in [-0.2, -0.15) is 0 Å². The quantitative estimate of drug-likeness (QED) is 0.474. The zero-order chi connectivity index (χ0) is 17.9. The van der Waals surface area contributed by atoms with Gasteiger partial charge in [-0.25, -0.2) is 4.98 Å². The summed E-state index contributed by atoms with van der Waals surface area (Å²) in [4.78, 5) is 8.84. The second-order valence-electron chi connectivity index (χ2n) is 5.40. The number of furan rings is 1.